The molecule has 6 heteroatoms. The summed E-state index contributed by atoms with van der Waals surface area (Å²) in [5.41, 5.74) is 11.3. The standard InChI is InChI=1S/C10H13N3O3/c11-8-2-1-6(5-7(8)10(15)16)13-4-3-9(12)14/h1-2,5,13H,3-4,11H2,(H2,12,14)(H,15,16). The number of nitrogens with two attached hydrogens (primary N) is 2. The van der Waals surface area contributed by atoms with Crippen LogP contribution in [0.15, 0.2) is 18.2 Å². The van der Waals surface area contributed by atoms with Crippen molar-refractivity contribution in [2.24, 2.45) is 5.73 Å². The Bertz CT molecular complexity index is 418. The monoisotopic (exact) mass is 223 g/mol. The van der Waals surface area contributed by atoms with Gasteiger partial charge >= 0.3 is 5.97 Å². The molecule has 0 saturated heterocycles. The Labute approximate surface area is 92.2 Å². The molecule has 0 aliphatic heterocycles. The number of anilines is 2. The van der Waals surface area contributed by atoms with Gasteiger partial charge in [0.15, 0.2) is 0 Å². The van der Waals surface area contributed by atoms with Crippen LogP contribution in [-0.2, 0) is 4.79 Å². The zero-order chi connectivity index (χ0) is 12.1. The molecule has 0 aliphatic rings. The summed E-state index contributed by atoms with van der Waals surface area (Å²) >= 11 is 0. The Morgan fingerprint density at radius 1 is 1.38 bits per heavy atom. The van der Waals surface area contributed by atoms with Crippen LogP contribution in [0.5, 0.6) is 0 Å². The molecule has 0 aromatic heterocycles. The minimum atomic E-state index is -1.09. The van der Waals surface area contributed by atoms with Gasteiger partial charge in [0.1, 0.15) is 0 Å². The van der Waals surface area contributed by atoms with Crippen molar-refractivity contribution < 1.29 is 14.7 Å². The molecule has 0 spiro atoms. The minimum absolute atomic E-state index is 0.0316. The van der Waals surface area contributed by atoms with Crippen molar-refractivity contribution >= 4 is 23.3 Å². The Morgan fingerprint density at radius 2 is 2.06 bits per heavy atom. The maximum Gasteiger partial charge on any atom is 0.337 e. The van der Waals surface area contributed by atoms with E-state index in [9.17, 15) is 9.59 Å². The summed E-state index contributed by atoms with van der Waals surface area (Å²) < 4.78 is 0. The van der Waals surface area contributed by atoms with E-state index in [0.717, 1.165) is 0 Å². The summed E-state index contributed by atoms with van der Waals surface area (Å²) in [4.78, 5) is 21.3. The van der Waals surface area contributed by atoms with Crippen LogP contribution in [0.3, 0.4) is 0 Å². The molecule has 1 rings (SSSR count). The lowest BCUT2D eigenvalue weighted by molar-refractivity contribution is -0.117. The van der Waals surface area contributed by atoms with Gasteiger partial charge in [-0.05, 0) is 18.2 Å². The Morgan fingerprint density at radius 3 is 2.62 bits per heavy atom. The van der Waals surface area contributed by atoms with Gasteiger partial charge < -0.3 is 21.9 Å². The van der Waals surface area contributed by atoms with E-state index in [4.69, 9.17) is 16.6 Å². The van der Waals surface area contributed by atoms with E-state index >= 15 is 0 Å². The van der Waals surface area contributed by atoms with E-state index in [1.807, 2.05) is 0 Å². The third-order valence-corrected chi connectivity index (χ3v) is 1.98. The second-order valence-electron chi connectivity index (χ2n) is 3.25. The van der Waals surface area contributed by atoms with Crippen molar-refractivity contribution in [3.8, 4) is 0 Å². The fraction of sp³-hybridized carbons (Fsp3) is 0.200. The SMILES string of the molecule is NC(=O)CCNc1ccc(N)c(C(=O)O)c1. The molecule has 0 bridgehead atoms. The van der Waals surface area contributed by atoms with Gasteiger partial charge in [0, 0.05) is 24.3 Å². The van der Waals surface area contributed by atoms with Crippen LogP contribution in [0.25, 0.3) is 0 Å². The van der Waals surface area contributed by atoms with Crippen LogP contribution in [0.1, 0.15) is 16.8 Å². The highest BCUT2D eigenvalue weighted by atomic mass is 16.4. The van der Waals surface area contributed by atoms with E-state index in [1.165, 1.54) is 12.1 Å². The number of benzene rings is 1. The van der Waals surface area contributed by atoms with Crippen molar-refractivity contribution in [2.45, 2.75) is 6.42 Å². The summed E-state index contributed by atoms with van der Waals surface area (Å²) in [5, 5.41) is 11.7. The first-order chi connectivity index (χ1) is 7.50. The van der Waals surface area contributed by atoms with E-state index in [0.29, 0.717) is 12.2 Å². The molecule has 0 saturated carbocycles. The van der Waals surface area contributed by atoms with Gasteiger partial charge in [0.25, 0.3) is 0 Å². The molecule has 0 fully saturated rings. The first-order valence-electron chi connectivity index (χ1n) is 4.65. The topological polar surface area (TPSA) is 118 Å². The van der Waals surface area contributed by atoms with Gasteiger partial charge in [-0.3, -0.25) is 4.79 Å². The van der Waals surface area contributed by atoms with Crippen LogP contribution in [-0.4, -0.2) is 23.5 Å². The van der Waals surface area contributed by atoms with Gasteiger partial charge in [-0.15, -0.1) is 0 Å². The fourth-order valence-electron chi connectivity index (χ4n) is 1.18. The third-order valence-electron chi connectivity index (χ3n) is 1.98. The second kappa shape index (κ2) is 5.01. The highest BCUT2D eigenvalue weighted by Gasteiger charge is 2.08. The molecule has 6 N–H and O–H groups in total. The third kappa shape index (κ3) is 3.16. The molecule has 1 aromatic carbocycles. The number of carboxylic acid groups (broad SMARTS) is 1. The molecule has 0 unspecified atom stereocenters. The van der Waals surface area contributed by atoms with E-state index in [1.54, 1.807) is 6.07 Å². The largest absolute Gasteiger partial charge is 0.478 e. The number of rotatable bonds is 5. The average Bonchev–Trinajstić information content (AvgIpc) is 2.19. The van der Waals surface area contributed by atoms with Crippen LogP contribution < -0.4 is 16.8 Å². The Kier molecular flexibility index (Phi) is 3.71. The summed E-state index contributed by atoms with van der Waals surface area (Å²) in [7, 11) is 0. The smallest absolute Gasteiger partial charge is 0.337 e. The maximum absolute atomic E-state index is 10.8. The summed E-state index contributed by atoms with van der Waals surface area (Å²) in [5.74, 6) is -1.50. The number of carbonyl (C=O) groups excluding carboxylic acids is 1. The van der Waals surface area contributed by atoms with E-state index < -0.39 is 11.9 Å². The molecule has 16 heavy (non-hydrogen) atoms. The molecule has 1 aromatic rings. The zero-order valence-electron chi connectivity index (χ0n) is 8.56. The number of primary amides is 1. The Hall–Kier alpha value is -2.24. The van der Waals surface area contributed by atoms with Gasteiger partial charge in [-0.1, -0.05) is 0 Å². The minimum Gasteiger partial charge on any atom is -0.478 e. The molecule has 86 valence electrons. The number of amides is 1. The summed E-state index contributed by atoms with van der Waals surface area (Å²) in [6.45, 7) is 0.359. The highest BCUT2D eigenvalue weighted by Crippen LogP contribution is 2.17. The molecule has 0 radical (unpaired) electrons. The van der Waals surface area contributed by atoms with Gasteiger partial charge in [0.05, 0.1) is 5.56 Å². The number of carboxylic acids is 1. The number of hydrogen-bond donors (Lipinski definition) is 4. The lowest BCUT2D eigenvalue weighted by Gasteiger charge is -2.07. The van der Waals surface area contributed by atoms with Crippen molar-refractivity contribution in [2.75, 3.05) is 17.6 Å². The van der Waals surface area contributed by atoms with Crippen LogP contribution in [0.2, 0.25) is 0 Å². The summed E-state index contributed by atoms with van der Waals surface area (Å²) in [6.07, 6.45) is 0.187. The van der Waals surface area contributed by atoms with Crippen molar-refractivity contribution in [1.82, 2.24) is 0 Å². The number of carbonyl (C=O) groups is 2. The quantitative estimate of drug-likeness (QED) is 0.534. The second-order valence-corrected chi connectivity index (χ2v) is 3.25. The van der Waals surface area contributed by atoms with Crippen LogP contribution >= 0.6 is 0 Å². The van der Waals surface area contributed by atoms with E-state index in [2.05, 4.69) is 5.32 Å². The van der Waals surface area contributed by atoms with Crippen molar-refractivity contribution in [1.29, 1.82) is 0 Å². The first-order valence-corrected chi connectivity index (χ1v) is 4.65. The lowest BCUT2D eigenvalue weighted by atomic mass is 10.1. The highest BCUT2D eigenvalue weighted by molar-refractivity contribution is 5.94. The molecule has 0 aliphatic carbocycles. The fourth-order valence-corrected chi connectivity index (χ4v) is 1.18. The predicted octanol–water partition coefficient (Wildman–Crippen LogP) is 0.254. The average molecular weight is 223 g/mol. The molecule has 6 nitrogen and oxygen atoms in total. The van der Waals surface area contributed by atoms with Crippen LogP contribution in [0.4, 0.5) is 11.4 Å². The first kappa shape index (κ1) is 11.8. The number of aromatic carboxylic acids is 1. The van der Waals surface area contributed by atoms with Gasteiger partial charge in [0.2, 0.25) is 5.91 Å². The van der Waals surface area contributed by atoms with E-state index in [-0.39, 0.29) is 17.7 Å². The maximum atomic E-state index is 10.8. The number of nitrogen functional groups attached to an aromatic ring is 1. The lowest BCUT2D eigenvalue weighted by Crippen LogP contribution is -2.16. The molecule has 0 atom stereocenters. The van der Waals surface area contributed by atoms with Crippen LogP contribution in [0, 0.1) is 0 Å². The molecule has 0 heterocycles. The molecular weight excluding hydrogens is 210 g/mol. The molecule has 1 amide bonds. The summed E-state index contributed by atoms with van der Waals surface area (Å²) in [6, 6.07) is 4.55. The normalized spacial score (nSPS) is 9.75. The van der Waals surface area contributed by atoms with Gasteiger partial charge in [-0.25, -0.2) is 4.79 Å². The molecular formula is C10H13N3O3. The zero-order valence-corrected chi connectivity index (χ0v) is 8.56. The number of hydrogen-bond acceptors (Lipinski definition) is 4. The number of nitrogens with one attached hydrogen (secondary N) is 1. The van der Waals surface area contributed by atoms with Crippen molar-refractivity contribution in [3.05, 3.63) is 23.8 Å². The predicted molar refractivity (Wildman–Crippen MR) is 60.1 cm³/mol. The Balaban J connectivity index is 2.71. The van der Waals surface area contributed by atoms with Gasteiger partial charge in [-0.2, -0.15) is 0 Å². The van der Waals surface area contributed by atoms with Crippen molar-refractivity contribution in [3.63, 3.8) is 0 Å².